The maximum absolute atomic E-state index is 4.15. The Morgan fingerprint density at radius 1 is 0.889 bits per heavy atom. The third-order valence-corrected chi connectivity index (χ3v) is 2.59. The summed E-state index contributed by atoms with van der Waals surface area (Å²) in [4.78, 5) is 4.15. The van der Waals surface area contributed by atoms with Crippen molar-refractivity contribution in [1.82, 2.24) is 4.98 Å². The van der Waals surface area contributed by atoms with Crippen molar-refractivity contribution in [3.05, 3.63) is 29.6 Å². The van der Waals surface area contributed by atoms with E-state index in [4.69, 9.17) is 0 Å². The maximum Gasteiger partial charge on any atom is 0.0372 e. The molecule has 106 valence electrons. The van der Waals surface area contributed by atoms with Crippen LogP contribution in [-0.4, -0.2) is 4.98 Å². The van der Waals surface area contributed by atoms with Gasteiger partial charge in [-0.05, 0) is 25.0 Å². The molecule has 0 N–H and O–H groups in total. The van der Waals surface area contributed by atoms with Crippen LogP contribution < -0.4 is 0 Å². The SMILES string of the molecule is CC.CCCCCCC.CCc1ccc(C)nc1. The first-order chi connectivity index (χ1) is 8.74. The second-order valence-electron chi connectivity index (χ2n) is 4.22. The summed E-state index contributed by atoms with van der Waals surface area (Å²) in [6.07, 6.45) is 10.0. The van der Waals surface area contributed by atoms with Crippen LogP contribution >= 0.6 is 0 Å². The molecule has 1 heterocycles. The number of hydrogen-bond acceptors (Lipinski definition) is 1. The zero-order chi connectivity index (χ0) is 14.2. The van der Waals surface area contributed by atoms with Crippen molar-refractivity contribution >= 4 is 0 Å². The van der Waals surface area contributed by atoms with Gasteiger partial charge in [0.2, 0.25) is 0 Å². The molecule has 0 unspecified atom stereocenters. The maximum atomic E-state index is 4.15. The molecule has 0 aliphatic heterocycles. The Morgan fingerprint density at radius 2 is 1.44 bits per heavy atom. The minimum atomic E-state index is 1.08. The second-order valence-corrected chi connectivity index (χ2v) is 4.22. The molecule has 0 saturated heterocycles. The molecule has 0 spiro atoms. The lowest BCUT2D eigenvalue weighted by molar-refractivity contribution is 0.656. The Balaban J connectivity index is 0. The molecular formula is C17H33N. The van der Waals surface area contributed by atoms with E-state index in [0.717, 1.165) is 12.1 Å². The van der Waals surface area contributed by atoms with E-state index >= 15 is 0 Å². The molecule has 0 aliphatic carbocycles. The Kier molecular flexibility index (Phi) is 17.5. The van der Waals surface area contributed by atoms with E-state index in [1.165, 1.54) is 37.7 Å². The highest BCUT2D eigenvalue weighted by atomic mass is 14.6. The summed E-state index contributed by atoms with van der Waals surface area (Å²) in [5, 5.41) is 0. The van der Waals surface area contributed by atoms with Gasteiger partial charge < -0.3 is 0 Å². The van der Waals surface area contributed by atoms with Gasteiger partial charge in [-0.2, -0.15) is 0 Å². The number of aryl methyl sites for hydroxylation is 2. The van der Waals surface area contributed by atoms with Crippen LogP contribution in [0.3, 0.4) is 0 Å². The number of nitrogens with zero attached hydrogens (tertiary/aromatic N) is 1. The molecule has 1 aromatic rings. The molecule has 1 nitrogen and oxygen atoms in total. The van der Waals surface area contributed by atoms with Crippen molar-refractivity contribution in [3.8, 4) is 0 Å². The molecule has 0 radical (unpaired) electrons. The van der Waals surface area contributed by atoms with Crippen molar-refractivity contribution < 1.29 is 0 Å². The van der Waals surface area contributed by atoms with Gasteiger partial charge in [0.25, 0.3) is 0 Å². The van der Waals surface area contributed by atoms with Crippen LogP contribution in [0.1, 0.15) is 78.0 Å². The van der Waals surface area contributed by atoms with Gasteiger partial charge in [0.1, 0.15) is 0 Å². The molecule has 0 atom stereocenters. The van der Waals surface area contributed by atoms with E-state index in [1.54, 1.807) is 0 Å². The lowest BCUT2D eigenvalue weighted by Crippen LogP contribution is -1.83. The highest BCUT2D eigenvalue weighted by Crippen LogP contribution is 2.00. The summed E-state index contributed by atoms with van der Waals surface area (Å²) in [5.74, 6) is 0. The first kappa shape index (κ1) is 19.5. The first-order valence-corrected chi connectivity index (χ1v) is 7.66. The van der Waals surface area contributed by atoms with Crippen molar-refractivity contribution in [2.75, 3.05) is 0 Å². The Hall–Kier alpha value is -0.850. The summed E-state index contributed by atoms with van der Waals surface area (Å²) in [6.45, 7) is 12.6. The predicted molar refractivity (Wildman–Crippen MR) is 84.1 cm³/mol. The summed E-state index contributed by atoms with van der Waals surface area (Å²) in [5.41, 5.74) is 2.40. The zero-order valence-electron chi connectivity index (χ0n) is 13.4. The van der Waals surface area contributed by atoms with E-state index in [-0.39, 0.29) is 0 Å². The lowest BCUT2D eigenvalue weighted by atomic mass is 10.2. The van der Waals surface area contributed by atoms with E-state index in [9.17, 15) is 0 Å². The van der Waals surface area contributed by atoms with Gasteiger partial charge in [0.15, 0.2) is 0 Å². The fourth-order valence-corrected chi connectivity index (χ4v) is 1.38. The summed E-state index contributed by atoms with van der Waals surface area (Å²) in [7, 11) is 0. The predicted octanol–water partition coefficient (Wildman–Crippen LogP) is 5.96. The van der Waals surface area contributed by atoms with E-state index in [2.05, 4.69) is 31.8 Å². The third-order valence-electron chi connectivity index (χ3n) is 2.59. The molecule has 18 heavy (non-hydrogen) atoms. The van der Waals surface area contributed by atoms with Crippen LogP contribution in [0.5, 0.6) is 0 Å². The Morgan fingerprint density at radius 3 is 1.78 bits per heavy atom. The minimum Gasteiger partial charge on any atom is -0.261 e. The van der Waals surface area contributed by atoms with Crippen molar-refractivity contribution in [2.24, 2.45) is 0 Å². The summed E-state index contributed by atoms with van der Waals surface area (Å²) >= 11 is 0. The number of rotatable bonds is 5. The standard InChI is InChI=1S/C8H11N.C7H16.C2H6/c1-3-8-5-4-7(2)9-6-8;1-3-5-7-6-4-2;1-2/h4-6H,3H2,1-2H3;3-7H2,1-2H3;1-2H3. The van der Waals surface area contributed by atoms with Crippen LogP contribution in [-0.2, 0) is 6.42 Å². The van der Waals surface area contributed by atoms with Gasteiger partial charge in [0.05, 0.1) is 0 Å². The topological polar surface area (TPSA) is 12.9 Å². The number of hydrogen-bond donors (Lipinski definition) is 0. The van der Waals surface area contributed by atoms with Gasteiger partial charge >= 0.3 is 0 Å². The largest absolute Gasteiger partial charge is 0.261 e. The molecule has 1 rings (SSSR count). The molecule has 0 aliphatic rings. The fraction of sp³-hybridized carbons (Fsp3) is 0.706. The van der Waals surface area contributed by atoms with E-state index in [1.807, 2.05) is 33.0 Å². The van der Waals surface area contributed by atoms with Crippen molar-refractivity contribution in [3.63, 3.8) is 0 Å². The summed E-state index contributed by atoms with van der Waals surface area (Å²) in [6, 6.07) is 4.15. The lowest BCUT2D eigenvalue weighted by Gasteiger charge is -1.93. The van der Waals surface area contributed by atoms with Gasteiger partial charge in [-0.25, -0.2) is 0 Å². The quantitative estimate of drug-likeness (QED) is 0.589. The van der Waals surface area contributed by atoms with Crippen molar-refractivity contribution in [2.45, 2.75) is 80.1 Å². The van der Waals surface area contributed by atoms with Crippen LogP contribution in [0.4, 0.5) is 0 Å². The average molecular weight is 251 g/mol. The highest BCUT2D eigenvalue weighted by molar-refractivity contribution is 5.12. The number of aromatic nitrogens is 1. The molecule has 0 fully saturated rings. The van der Waals surface area contributed by atoms with Crippen LogP contribution in [0.15, 0.2) is 18.3 Å². The molecule has 0 bridgehead atoms. The monoisotopic (exact) mass is 251 g/mol. The molecule has 0 saturated carbocycles. The third kappa shape index (κ3) is 13.2. The first-order valence-electron chi connectivity index (χ1n) is 7.66. The normalized spacial score (nSPS) is 8.78. The van der Waals surface area contributed by atoms with Crippen LogP contribution in [0.25, 0.3) is 0 Å². The Bertz CT molecular complexity index is 234. The fourth-order valence-electron chi connectivity index (χ4n) is 1.38. The van der Waals surface area contributed by atoms with Crippen LogP contribution in [0, 0.1) is 6.92 Å². The van der Waals surface area contributed by atoms with Crippen molar-refractivity contribution in [1.29, 1.82) is 0 Å². The van der Waals surface area contributed by atoms with Gasteiger partial charge in [-0.3, -0.25) is 4.98 Å². The second kappa shape index (κ2) is 16.1. The molecule has 0 amide bonds. The van der Waals surface area contributed by atoms with E-state index < -0.39 is 0 Å². The highest BCUT2D eigenvalue weighted by Gasteiger charge is 1.86. The zero-order valence-corrected chi connectivity index (χ0v) is 13.4. The van der Waals surface area contributed by atoms with Crippen LogP contribution in [0.2, 0.25) is 0 Å². The average Bonchev–Trinajstić information content (AvgIpc) is 2.43. The minimum absolute atomic E-state index is 1.08. The van der Waals surface area contributed by atoms with Gasteiger partial charge in [-0.1, -0.05) is 72.8 Å². The molecule has 1 heteroatoms. The smallest absolute Gasteiger partial charge is 0.0372 e. The number of unbranched alkanes of at least 4 members (excludes halogenated alkanes) is 4. The van der Waals surface area contributed by atoms with Gasteiger partial charge in [0, 0.05) is 11.9 Å². The Labute approximate surface area is 115 Å². The molecular weight excluding hydrogens is 218 g/mol. The molecule has 0 aromatic carbocycles. The number of pyridine rings is 1. The summed E-state index contributed by atoms with van der Waals surface area (Å²) < 4.78 is 0. The molecule has 1 aromatic heterocycles. The van der Waals surface area contributed by atoms with Gasteiger partial charge in [-0.15, -0.1) is 0 Å². The van der Waals surface area contributed by atoms with E-state index in [0.29, 0.717) is 0 Å².